The number of aliphatic carboxylic acids is 1. The molecule has 2 rings (SSSR count). The van der Waals surface area contributed by atoms with Crippen LogP contribution in [0.25, 0.3) is 0 Å². The lowest BCUT2D eigenvalue weighted by atomic mass is 10.2. The van der Waals surface area contributed by atoms with Gasteiger partial charge in [-0.05, 0) is 11.6 Å². The summed E-state index contributed by atoms with van der Waals surface area (Å²) >= 11 is 3.34. The van der Waals surface area contributed by atoms with E-state index < -0.39 is 30.3 Å². The summed E-state index contributed by atoms with van der Waals surface area (Å²) in [6.07, 6.45) is -4.67. The lowest BCUT2D eigenvalue weighted by Gasteiger charge is -2.12. The lowest BCUT2D eigenvalue weighted by Crippen LogP contribution is -2.18. The van der Waals surface area contributed by atoms with Crippen molar-refractivity contribution in [2.75, 3.05) is 17.2 Å². The highest BCUT2D eigenvalue weighted by molar-refractivity contribution is 9.10. The van der Waals surface area contributed by atoms with Crippen LogP contribution >= 0.6 is 15.9 Å². The van der Waals surface area contributed by atoms with Crippen LogP contribution in [0.2, 0.25) is 0 Å². The van der Waals surface area contributed by atoms with Gasteiger partial charge < -0.3 is 15.7 Å². The van der Waals surface area contributed by atoms with Gasteiger partial charge in [0, 0.05) is 17.1 Å². The van der Waals surface area contributed by atoms with Crippen molar-refractivity contribution in [2.24, 2.45) is 0 Å². The molecule has 1 heterocycles. The second kappa shape index (κ2) is 7.47. The van der Waals surface area contributed by atoms with Crippen molar-refractivity contribution in [3.05, 3.63) is 46.1 Å². The van der Waals surface area contributed by atoms with E-state index in [0.717, 1.165) is 16.1 Å². The highest BCUT2D eigenvalue weighted by Gasteiger charge is 2.33. The number of anilines is 2. The van der Waals surface area contributed by atoms with Crippen LogP contribution in [0.4, 0.5) is 24.9 Å². The first-order valence-electron chi connectivity index (χ1n) is 6.65. The van der Waals surface area contributed by atoms with Gasteiger partial charge in [0.15, 0.2) is 5.69 Å². The first kappa shape index (κ1) is 18.0. The molecule has 24 heavy (non-hydrogen) atoms. The Morgan fingerprint density at radius 2 is 1.92 bits per heavy atom. The third kappa shape index (κ3) is 5.08. The number of nitrogens with one attached hydrogen (secondary N) is 2. The van der Waals surface area contributed by atoms with Crippen molar-refractivity contribution < 1.29 is 23.1 Å². The van der Waals surface area contributed by atoms with Crippen molar-refractivity contribution in [1.82, 2.24) is 9.97 Å². The number of benzene rings is 1. The molecule has 0 aliphatic carbocycles. The Kier molecular flexibility index (Phi) is 5.60. The summed E-state index contributed by atoms with van der Waals surface area (Å²) in [5, 5.41) is 13.6. The molecule has 0 aliphatic rings. The summed E-state index contributed by atoms with van der Waals surface area (Å²) in [6.45, 7) is -0.362. The Morgan fingerprint density at radius 3 is 2.54 bits per heavy atom. The molecule has 0 fully saturated rings. The fraction of sp³-hybridized carbons (Fsp3) is 0.214. The number of alkyl halides is 3. The van der Waals surface area contributed by atoms with Crippen molar-refractivity contribution in [3.8, 4) is 0 Å². The maximum atomic E-state index is 12.9. The molecule has 0 aliphatic heterocycles. The first-order chi connectivity index (χ1) is 11.3. The van der Waals surface area contributed by atoms with E-state index in [1.165, 1.54) is 0 Å². The minimum Gasteiger partial charge on any atom is -0.480 e. The number of nitrogens with zero attached hydrogens (tertiary/aromatic N) is 2. The maximum Gasteiger partial charge on any atom is 0.433 e. The number of halogens is 4. The highest BCUT2D eigenvalue weighted by atomic mass is 79.9. The summed E-state index contributed by atoms with van der Waals surface area (Å²) in [4.78, 5) is 17.7. The van der Waals surface area contributed by atoms with Gasteiger partial charge in [0.25, 0.3) is 0 Å². The smallest absolute Gasteiger partial charge is 0.433 e. The normalized spacial score (nSPS) is 11.2. The second-order valence-corrected chi connectivity index (χ2v) is 5.51. The molecule has 6 nitrogen and oxygen atoms in total. The van der Waals surface area contributed by atoms with E-state index in [2.05, 4.69) is 36.5 Å². The fourth-order valence-corrected chi connectivity index (χ4v) is 2.17. The zero-order valence-corrected chi connectivity index (χ0v) is 13.6. The molecule has 10 heteroatoms. The van der Waals surface area contributed by atoms with Gasteiger partial charge in [-0.25, -0.2) is 4.98 Å². The molecule has 0 unspecified atom stereocenters. The fourth-order valence-electron chi connectivity index (χ4n) is 1.74. The summed E-state index contributed by atoms with van der Waals surface area (Å²) in [6, 6.07) is 7.98. The van der Waals surface area contributed by atoms with Crippen LogP contribution in [-0.2, 0) is 17.5 Å². The number of carboxylic acid groups (broad SMARTS) is 1. The van der Waals surface area contributed by atoms with Crippen LogP contribution in [-0.4, -0.2) is 27.6 Å². The zero-order valence-electron chi connectivity index (χ0n) is 12.1. The molecule has 0 bridgehead atoms. The maximum absolute atomic E-state index is 12.9. The summed E-state index contributed by atoms with van der Waals surface area (Å²) in [5.41, 5.74) is -0.343. The Balaban J connectivity index is 2.22. The zero-order chi connectivity index (χ0) is 17.7. The van der Waals surface area contributed by atoms with E-state index in [1.807, 2.05) is 6.07 Å². The Labute approximate surface area is 143 Å². The molecular weight excluding hydrogens is 393 g/mol. The average molecular weight is 405 g/mol. The van der Waals surface area contributed by atoms with E-state index in [1.54, 1.807) is 18.2 Å². The summed E-state index contributed by atoms with van der Waals surface area (Å²) in [7, 11) is 0. The van der Waals surface area contributed by atoms with E-state index in [0.29, 0.717) is 0 Å². The van der Waals surface area contributed by atoms with E-state index in [-0.39, 0.29) is 12.4 Å². The molecule has 0 spiro atoms. The molecule has 0 atom stereocenters. The van der Waals surface area contributed by atoms with Crippen LogP contribution in [0, 0.1) is 0 Å². The van der Waals surface area contributed by atoms with Crippen molar-refractivity contribution in [1.29, 1.82) is 0 Å². The van der Waals surface area contributed by atoms with Gasteiger partial charge in [-0.3, -0.25) is 4.79 Å². The number of hydrogen-bond donors (Lipinski definition) is 3. The van der Waals surface area contributed by atoms with E-state index in [9.17, 15) is 18.0 Å². The molecule has 2 aromatic rings. The minimum absolute atomic E-state index is 0.0685. The van der Waals surface area contributed by atoms with Gasteiger partial charge in [-0.1, -0.05) is 34.1 Å². The van der Waals surface area contributed by atoms with Gasteiger partial charge >= 0.3 is 12.1 Å². The lowest BCUT2D eigenvalue weighted by molar-refractivity contribution is -0.141. The van der Waals surface area contributed by atoms with Gasteiger partial charge in [0.1, 0.15) is 12.4 Å². The number of carbonyl (C=O) groups is 1. The van der Waals surface area contributed by atoms with Crippen LogP contribution in [0.15, 0.2) is 34.8 Å². The predicted molar refractivity (Wildman–Crippen MR) is 84.6 cm³/mol. The SMILES string of the molecule is O=C(O)CNc1nc(NCc2ccccc2Br)cc(C(F)(F)F)n1. The van der Waals surface area contributed by atoms with Crippen molar-refractivity contribution >= 4 is 33.7 Å². The molecule has 1 aromatic heterocycles. The predicted octanol–water partition coefficient (Wildman–Crippen LogP) is 3.37. The van der Waals surface area contributed by atoms with Gasteiger partial charge in [-0.15, -0.1) is 0 Å². The molecule has 1 aromatic carbocycles. The Morgan fingerprint density at radius 1 is 1.21 bits per heavy atom. The molecule has 0 radical (unpaired) electrons. The molecule has 0 amide bonds. The highest BCUT2D eigenvalue weighted by Crippen LogP contribution is 2.30. The van der Waals surface area contributed by atoms with Crippen LogP contribution < -0.4 is 10.6 Å². The van der Waals surface area contributed by atoms with Gasteiger partial charge in [0.2, 0.25) is 5.95 Å². The van der Waals surface area contributed by atoms with Crippen LogP contribution in [0.3, 0.4) is 0 Å². The molecule has 3 N–H and O–H groups in total. The van der Waals surface area contributed by atoms with E-state index in [4.69, 9.17) is 5.11 Å². The Bertz CT molecular complexity index is 740. The topological polar surface area (TPSA) is 87.1 Å². The summed E-state index contributed by atoms with van der Waals surface area (Å²) in [5.74, 6) is -1.72. The second-order valence-electron chi connectivity index (χ2n) is 4.65. The third-order valence-electron chi connectivity index (χ3n) is 2.83. The number of aromatic nitrogens is 2. The molecule has 128 valence electrons. The van der Waals surface area contributed by atoms with Gasteiger partial charge in [0.05, 0.1) is 0 Å². The van der Waals surface area contributed by atoms with E-state index >= 15 is 0 Å². The standard InChI is InChI=1S/C14H12BrF3N4O2/c15-9-4-2-1-3-8(9)6-19-11-5-10(14(16,17)18)21-13(22-11)20-7-12(23)24/h1-5H,6-7H2,(H,23,24)(H2,19,20,21,22). The Hall–Kier alpha value is -2.36. The molecule has 0 saturated heterocycles. The largest absolute Gasteiger partial charge is 0.480 e. The number of rotatable bonds is 6. The van der Waals surface area contributed by atoms with Crippen LogP contribution in [0.1, 0.15) is 11.3 Å². The number of carboxylic acids is 1. The van der Waals surface area contributed by atoms with Crippen LogP contribution in [0.5, 0.6) is 0 Å². The average Bonchev–Trinajstić information content (AvgIpc) is 2.51. The molecular formula is C14H12BrF3N4O2. The van der Waals surface area contributed by atoms with Crippen molar-refractivity contribution in [2.45, 2.75) is 12.7 Å². The van der Waals surface area contributed by atoms with Gasteiger partial charge in [-0.2, -0.15) is 18.2 Å². The monoisotopic (exact) mass is 404 g/mol. The first-order valence-corrected chi connectivity index (χ1v) is 7.44. The molecule has 0 saturated carbocycles. The summed E-state index contributed by atoms with van der Waals surface area (Å²) < 4.78 is 39.5. The quantitative estimate of drug-likeness (QED) is 0.684. The number of hydrogen-bond acceptors (Lipinski definition) is 5. The third-order valence-corrected chi connectivity index (χ3v) is 3.61. The van der Waals surface area contributed by atoms with Crippen molar-refractivity contribution in [3.63, 3.8) is 0 Å². The minimum atomic E-state index is -4.67.